The van der Waals surface area contributed by atoms with Gasteiger partial charge in [0.2, 0.25) is 0 Å². The Hall–Kier alpha value is -3.26. The van der Waals surface area contributed by atoms with Gasteiger partial charge >= 0.3 is 30.2 Å². The van der Waals surface area contributed by atoms with Gasteiger partial charge in [0, 0.05) is 0 Å². The van der Waals surface area contributed by atoms with Crippen LogP contribution >= 0.6 is 24.8 Å². The van der Waals surface area contributed by atoms with E-state index >= 15 is 0 Å². The van der Waals surface area contributed by atoms with Gasteiger partial charge < -0.3 is 14.9 Å². The molecule has 0 nitrogen and oxygen atoms in total. The van der Waals surface area contributed by atoms with Crippen LogP contribution in [0.15, 0.2) is 146 Å². The second-order valence-corrected chi connectivity index (χ2v) is 17.7. The van der Waals surface area contributed by atoms with Crippen molar-refractivity contribution in [3.63, 3.8) is 0 Å². The monoisotopic (exact) mass is 950 g/mol. The van der Waals surface area contributed by atoms with Crippen LogP contribution in [0.1, 0.15) is 102 Å². The molecule has 8 aromatic carbocycles. The molecule has 0 bridgehead atoms. The zero-order valence-corrected chi connectivity index (χ0v) is 42.7. The van der Waals surface area contributed by atoms with Crippen molar-refractivity contribution in [3.05, 3.63) is 172 Å². The van der Waals surface area contributed by atoms with Crippen molar-refractivity contribution < 1.29 is 23.3 Å². The first-order valence-corrected chi connectivity index (χ1v) is 26.3. The Morgan fingerprint density at radius 2 is 0.839 bits per heavy atom. The minimum absolute atomic E-state index is 0. The topological polar surface area (TPSA) is 0 Å². The molecule has 8 aromatic rings. The number of fused-ring (bicyclic) bond motifs is 4. The van der Waals surface area contributed by atoms with Crippen LogP contribution in [0.4, 0.5) is 0 Å². The van der Waals surface area contributed by atoms with Gasteiger partial charge in [0.25, 0.3) is 0 Å². The van der Waals surface area contributed by atoms with Crippen LogP contribution in [0.2, 0.25) is 0 Å². The fourth-order valence-corrected chi connectivity index (χ4v) is 11.2. The van der Waals surface area contributed by atoms with E-state index in [2.05, 4.69) is 166 Å². The van der Waals surface area contributed by atoms with Gasteiger partial charge in [0.1, 0.15) is 0 Å². The minimum atomic E-state index is 0. The Morgan fingerprint density at radius 1 is 0.468 bits per heavy atom. The van der Waals surface area contributed by atoms with Gasteiger partial charge in [-0.25, -0.2) is 0 Å². The molecule has 0 aromatic heterocycles. The molecule has 2 aliphatic carbocycles. The fourth-order valence-electron chi connectivity index (χ4n) is 11.2. The first-order chi connectivity index (χ1) is 28.5. The zero-order chi connectivity index (χ0) is 40.0. The van der Waals surface area contributed by atoms with Crippen molar-refractivity contribution in [3.8, 4) is 22.3 Å². The molecule has 4 heteroatoms. The van der Waals surface area contributed by atoms with E-state index in [1.165, 1.54) is 179 Å². The van der Waals surface area contributed by atoms with Gasteiger partial charge in [0.05, 0.1) is 0 Å². The van der Waals surface area contributed by atoms with Crippen LogP contribution in [0.5, 0.6) is 0 Å². The van der Waals surface area contributed by atoms with Crippen LogP contribution in [0, 0.1) is 25.7 Å². The summed E-state index contributed by atoms with van der Waals surface area (Å²) in [5.41, 5.74) is 9.58. The van der Waals surface area contributed by atoms with Gasteiger partial charge in [-0.15, -0.1) is 93.9 Å². The Balaban J connectivity index is 0.000000247. The molecule has 2 saturated carbocycles. The summed E-state index contributed by atoms with van der Waals surface area (Å²) in [6.07, 6.45) is 19.2. The summed E-state index contributed by atoms with van der Waals surface area (Å²) in [5, 5.41) is 10.9. The van der Waals surface area contributed by atoms with E-state index in [1.54, 1.807) is 11.1 Å². The Labute approximate surface area is 403 Å². The SMILES string of the molecule is CCCC1(Cc2cc3c(-c4ccc5ccccc5c4)cccc3[cH-]2)CCCC1.CCCC1(Cc2cc3c(-c4ccc5ccccc5c4)cccc3[cH-]2)CCCC1.Cl.Cl.[CH3-].[CH3-].[Si]=[Zr]. The second-order valence-electron chi connectivity index (χ2n) is 17.7. The molecule has 62 heavy (non-hydrogen) atoms. The summed E-state index contributed by atoms with van der Waals surface area (Å²) in [4.78, 5) is 0. The number of hydrogen-bond donors (Lipinski definition) is 0. The fraction of sp³-hybridized carbons (Fsp3) is 0.310. The second kappa shape index (κ2) is 23.6. The molecule has 0 amide bonds. The molecule has 0 saturated heterocycles. The Morgan fingerprint density at radius 3 is 1.21 bits per heavy atom. The third kappa shape index (κ3) is 11.3. The van der Waals surface area contributed by atoms with Crippen LogP contribution in [-0.4, -0.2) is 6.88 Å². The van der Waals surface area contributed by atoms with Crippen molar-refractivity contribution in [2.45, 2.75) is 104 Å². The molecule has 0 N–H and O–H groups in total. The average Bonchev–Trinajstić information content (AvgIpc) is 4.09. The standard InChI is InChI=1S/2C28H29.2CH3.2ClH.Si.Zr/c2*1-2-14-28(15-5-6-16-28)20-21-17-24-10-7-11-26(27(24)18-21)25-13-12-22-8-3-4-9-23(22)19-25;;;;;;/h2*3-4,7-13,17-19H,2,5-6,14-16,20H2,1H3;2*1H3;2*1H;;/q4*-1;;;;. The average molecular weight is 953 g/mol. The summed E-state index contributed by atoms with van der Waals surface area (Å²) in [7, 11) is 0. The van der Waals surface area contributed by atoms with Crippen LogP contribution in [0.3, 0.4) is 0 Å². The molecule has 2 radical (unpaired) electrons. The molecule has 2 fully saturated rings. The molecule has 10 rings (SSSR count). The summed E-state index contributed by atoms with van der Waals surface area (Å²) in [6, 6.07) is 54.5. The summed E-state index contributed by atoms with van der Waals surface area (Å²) in [5.74, 6) is 0. The van der Waals surface area contributed by atoms with Gasteiger partial charge in [-0.3, -0.25) is 0 Å². The van der Waals surface area contributed by atoms with Crippen LogP contribution < -0.4 is 0 Å². The number of benzene rings is 6. The van der Waals surface area contributed by atoms with Crippen molar-refractivity contribution in [2.24, 2.45) is 10.8 Å². The Kier molecular flexibility index (Phi) is 19.6. The third-order valence-corrected chi connectivity index (χ3v) is 13.8. The summed E-state index contributed by atoms with van der Waals surface area (Å²) < 4.78 is 0. The van der Waals surface area contributed by atoms with E-state index in [9.17, 15) is 0 Å². The molecular formula is C58H66Cl2SiZr-4. The van der Waals surface area contributed by atoms with Gasteiger partial charge in [-0.2, -0.15) is 12.1 Å². The summed E-state index contributed by atoms with van der Waals surface area (Å²) in [6.45, 7) is 7.76. The number of halogens is 2. The molecule has 2 aliphatic rings. The maximum atomic E-state index is 3.06. The van der Waals surface area contributed by atoms with Crippen molar-refractivity contribution >= 4 is 74.8 Å². The van der Waals surface area contributed by atoms with Crippen molar-refractivity contribution in [1.29, 1.82) is 0 Å². The first kappa shape index (κ1) is 51.4. The predicted molar refractivity (Wildman–Crippen MR) is 277 cm³/mol. The number of hydrogen-bond acceptors (Lipinski definition) is 0. The molecule has 0 heterocycles. The van der Waals surface area contributed by atoms with Crippen LogP contribution in [-0.2, 0) is 36.2 Å². The molecule has 0 spiro atoms. The van der Waals surface area contributed by atoms with Gasteiger partial charge in [0.15, 0.2) is 0 Å². The predicted octanol–water partition coefficient (Wildman–Crippen LogP) is 17.9. The van der Waals surface area contributed by atoms with E-state index in [0.717, 1.165) is 0 Å². The van der Waals surface area contributed by atoms with Gasteiger partial charge in [-0.05, 0) is 107 Å². The molecule has 324 valence electrons. The van der Waals surface area contributed by atoms with E-state index in [1.807, 2.05) is 0 Å². The van der Waals surface area contributed by atoms with E-state index < -0.39 is 0 Å². The maximum absolute atomic E-state index is 3.06. The quantitative estimate of drug-likeness (QED) is 0.0947. The molecule has 0 aliphatic heterocycles. The normalized spacial score (nSPS) is 14.7. The van der Waals surface area contributed by atoms with Crippen molar-refractivity contribution in [1.82, 2.24) is 0 Å². The number of rotatable bonds is 10. The van der Waals surface area contributed by atoms with E-state index in [-0.39, 0.29) is 39.7 Å². The molecule has 0 unspecified atom stereocenters. The summed E-state index contributed by atoms with van der Waals surface area (Å²) >= 11 is 1.36. The van der Waals surface area contributed by atoms with Crippen molar-refractivity contribution in [2.75, 3.05) is 0 Å². The van der Waals surface area contributed by atoms with E-state index in [0.29, 0.717) is 10.8 Å². The third-order valence-electron chi connectivity index (χ3n) is 13.8. The molecular weight excluding hydrogens is 887 g/mol. The van der Waals surface area contributed by atoms with Gasteiger partial charge in [-0.1, -0.05) is 148 Å². The van der Waals surface area contributed by atoms with E-state index in [4.69, 9.17) is 0 Å². The zero-order valence-electron chi connectivity index (χ0n) is 37.6. The Bertz CT molecular complexity index is 2440. The van der Waals surface area contributed by atoms with Crippen LogP contribution in [0.25, 0.3) is 65.3 Å². The first-order valence-electron chi connectivity index (χ1n) is 22.1. The molecule has 0 atom stereocenters.